The Morgan fingerprint density at radius 1 is 1.43 bits per heavy atom. The van der Waals surface area contributed by atoms with Crippen LogP contribution in [0.1, 0.15) is 10.5 Å². The first-order valence-corrected chi connectivity index (χ1v) is 4.65. The number of nitrogens with one attached hydrogen (secondary N) is 1. The van der Waals surface area contributed by atoms with Gasteiger partial charge in [-0.05, 0) is 34.1 Å². The van der Waals surface area contributed by atoms with E-state index < -0.39 is 5.91 Å². The van der Waals surface area contributed by atoms with E-state index in [-0.39, 0.29) is 11.5 Å². The van der Waals surface area contributed by atoms with Crippen LogP contribution in [-0.4, -0.2) is 10.9 Å². The number of primary amides is 1. The van der Waals surface area contributed by atoms with Crippen LogP contribution in [0.3, 0.4) is 0 Å². The van der Waals surface area contributed by atoms with Crippen LogP contribution in [0.2, 0.25) is 0 Å². The van der Waals surface area contributed by atoms with Gasteiger partial charge in [-0.15, -0.1) is 0 Å². The van der Waals surface area contributed by atoms with Gasteiger partial charge in [-0.25, -0.2) is 4.39 Å². The smallest absolute Gasteiger partial charge is 0.265 e. The number of hydrogen-bond acceptors (Lipinski definition) is 1. The number of carbonyl (C=O) groups is 1. The first-order valence-electron chi connectivity index (χ1n) is 3.85. The van der Waals surface area contributed by atoms with Crippen molar-refractivity contribution in [3.05, 3.63) is 34.2 Å². The van der Waals surface area contributed by atoms with Crippen molar-refractivity contribution in [3.8, 4) is 0 Å². The van der Waals surface area contributed by atoms with Gasteiger partial charge in [0.05, 0.1) is 5.52 Å². The molecule has 0 atom stereocenters. The second-order valence-electron chi connectivity index (χ2n) is 2.90. The number of amides is 1. The molecule has 2 rings (SSSR count). The lowest BCUT2D eigenvalue weighted by Crippen LogP contribution is -2.10. The number of carbonyl (C=O) groups excluding carboxylic acids is 1. The lowest BCUT2D eigenvalue weighted by Gasteiger charge is -1.93. The van der Waals surface area contributed by atoms with Crippen LogP contribution < -0.4 is 5.73 Å². The molecule has 72 valence electrons. The highest BCUT2D eigenvalue weighted by Gasteiger charge is 2.09. The largest absolute Gasteiger partial charge is 0.364 e. The molecule has 0 fully saturated rings. The highest BCUT2D eigenvalue weighted by molar-refractivity contribution is 9.10. The zero-order valence-corrected chi connectivity index (χ0v) is 8.56. The fourth-order valence-electron chi connectivity index (χ4n) is 1.30. The molecule has 1 aromatic heterocycles. The van der Waals surface area contributed by atoms with E-state index >= 15 is 0 Å². The minimum atomic E-state index is -0.562. The van der Waals surface area contributed by atoms with Crippen LogP contribution in [0.25, 0.3) is 10.9 Å². The molecule has 5 heteroatoms. The Hall–Kier alpha value is -1.36. The van der Waals surface area contributed by atoms with Gasteiger partial charge in [-0.1, -0.05) is 0 Å². The molecule has 0 aliphatic heterocycles. The molecule has 3 nitrogen and oxygen atoms in total. The third-order valence-electron chi connectivity index (χ3n) is 1.91. The number of benzene rings is 1. The van der Waals surface area contributed by atoms with Gasteiger partial charge in [-0.2, -0.15) is 0 Å². The molecule has 0 saturated carbocycles. The zero-order valence-electron chi connectivity index (χ0n) is 6.97. The first kappa shape index (κ1) is 9.21. The van der Waals surface area contributed by atoms with E-state index in [1.165, 1.54) is 18.2 Å². The lowest BCUT2D eigenvalue weighted by molar-refractivity contribution is 0.0996. The maximum Gasteiger partial charge on any atom is 0.265 e. The van der Waals surface area contributed by atoms with Crippen LogP contribution in [0.5, 0.6) is 0 Å². The summed E-state index contributed by atoms with van der Waals surface area (Å²) >= 11 is 3.19. The molecule has 1 heterocycles. The summed E-state index contributed by atoms with van der Waals surface area (Å²) in [6, 6.07) is 4.18. The Bertz CT molecular complexity index is 521. The molecule has 0 spiro atoms. The number of aromatic amines is 1. The topological polar surface area (TPSA) is 58.9 Å². The minimum Gasteiger partial charge on any atom is -0.364 e. The summed E-state index contributed by atoms with van der Waals surface area (Å²) < 4.78 is 13.5. The van der Waals surface area contributed by atoms with E-state index in [1.54, 1.807) is 0 Å². The molecule has 0 aliphatic rings. The third kappa shape index (κ3) is 1.39. The number of fused-ring (bicyclic) bond motifs is 1. The second-order valence-corrected chi connectivity index (χ2v) is 3.75. The van der Waals surface area contributed by atoms with Crippen molar-refractivity contribution < 1.29 is 9.18 Å². The molecule has 3 N–H and O–H groups in total. The Kier molecular flexibility index (Phi) is 2.03. The van der Waals surface area contributed by atoms with Crippen LogP contribution in [0, 0.1) is 5.82 Å². The predicted octanol–water partition coefficient (Wildman–Crippen LogP) is 2.17. The Morgan fingerprint density at radius 2 is 2.14 bits per heavy atom. The minimum absolute atomic E-state index is 0.270. The quantitative estimate of drug-likeness (QED) is 0.808. The van der Waals surface area contributed by atoms with Crippen molar-refractivity contribution in [3.63, 3.8) is 0 Å². The maximum atomic E-state index is 12.9. The summed E-state index contributed by atoms with van der Waals surface area (Å²) in [5.74, 6) is -0.923. The number of rotatable bonds is 1. The molecule has 14 heavy (non-hydrogen) atoms. The van der Waals surface area contributed by atoms with E-state index in [4.69, 9.17) is 5.73 Å². The third-order valence-corrected chi connectivity index (χ3v) is 2.54. The number of nitrogens with two attached hydrogens (primary N) is 1. The van der Waals surface area contributed by atoms with Gasteiger partial charge in [0.2, 0.25) is 0 Å². The van der Waals surface area contributed by atoms with E-state index in [9.17, 15) is 9.18 Å². The molecule has 1 amide bonds. The molecule has 0 unspecified atom stereocenters. The van der Waals surface area contributed by atoms with Gasteiger partial charge in [-0.3, -0.25) is 4.79 Å². The molecular formula is C9H6BrFN2O. The van der Waals surface area contributed by atoms with Crippen LogP contribution in [-0.2, 0) is 0 Å². The average Bonchev–Trinajstić information content (AvgIpc) is 2.47. The first-order chi connectivity index (χ1) is 6.58. The molecule has 0 aliphatic carbocycles. The number of hydrogen-bond donors (Lipinski definition) is 2. The standard InChI is InChI=1S/C9H6BrFN2O/c10-6-3-5(11)1-4-2-7(9(12)14)13-8(4)6/h1-3,13H,(H2,12,14). The Labute approximate surface area is 87.2 Å². The van der Waals surface area contributed by atoms with E-state index in [0.29, 0.717) is 15.4 Å². The maximum absolute atomic E-state index is 12.9. The Morgan fingerprint density at radius 3 is 2.79 bits per heavy atom. The van der Waals surface area contributed by atoms with Crippen molar-refractivity contribution in [1.29, 1.82) is 0 Å². The van der Waals surface area contributed by atoms with Gasteiger partial charge in [0.1, 0.15) is 11.5 Å². The predicted molar refractivity (Wildman–Crippen MR) is 54.5 cm³/mol. The molecule has 0 radical (unpaired) electrons. The highest BCUT2D eigenvalue weighted by atomic mass is 79.9. The molecule has 0 saturated heterocycles. The Balaban J connectivity index is 2.76. The van der Waals surface area contributed by atoms with Gasteiger partial charge >= 0.3 is 0 Å². The summed E-state index contributed by atoms with van der Waals surface area (Å²) in [5, 5.41) is 0.616. The van der Waals surface area contributed by atoms with Gasteiger partial charge < -0.3 is 10.7 Å². The van der Waals surface area contributed by atoms with Gasteiger partial charge in [0, 0.05) is 9.86 Å². The van der Waals surface area contributed by atoms with Crippen molar-refractivity contribution in [2.24, 2.45) is 5.73 Å². The molecular weight excluding hydrogens is 251 g/mol. The fraction of sp³-hybridized carbons (Fsp3) is 0. The summed E-state index contributed by atoms with van der Waals surface area (Å²) in [6.45, 7) is 0. The second kappa shape index (κ2) is 3.09. The number of halogens is 2. The van der Waals surface area contributed by atoms with Crippen molar-refractivity contribution >= 4 is 32.7 Å². The number of H-pyrrole nitrogens is 1. The van der Waals surface area contributed by atoms with Crippen molar-refractivity contribution in [1.82, 2.24) is 4.98 Å². The van der Waals surface area contributed by atoms with Gasteiger partial charge in [0.15, 0.2) is 0 Å². The average molecular weight is 257 g/mol. The van der Waals surface area contributed by atoms with Crippen molar-refractivity contribution in [2.45, 2.75) is 0 Å². The molecule has 0 bridgehead atoms. The van der Waals surface area contributed by atoms with Crippen molar-refractivity contribution in [2.75, 3.05) is 0 Å². The number of aromatic nitrogens is 1. The summed E-state index contributed by atoms with van der Waals surface area (Å²) in [5.41, 5.74) is 6.02. The van der Waals surface area contributed by atoms with E-state index in [0.717, 1.165) is 0 Å². The van der Waals surface area contributed by atoms with Crippen LogP contribution >= 0.6 is 15.9 Å². The fourth-order valence-corrected chi connectivity index (χ4v) is 1.84. The lowest BCUT2D eigenvalue weighted by atomic mass is 10.2. The molecule has 2 aromatic rings. The zero-order chi connectivity index (χ0) is 10.3. The molecule has 1 aromatic carbocycles. The van der Waals surface area contributed by atoms with E-state index in [2.05, 4.69) is 20.9 Å². The SMILES string of the molecule is NC(=O)c1cc2cc(F)cc(Br)c2[nH]1. The monoisotopic (exact) mass is 256 g/mol. The van der Waals surface area contributed by atoms with Crippen LogP contribution in [0.4, 0.5) is 4.39 Å². The summed E-state index contributed by atoms with van der Waals surface area (Å²) in [4.78, 5) is 13.7. The highest BCUT2D eigenvalue weighted by Crippen LogP contribution is 2.25. The normalized spacial score (nSPS) is 10.7. The summed E-state index contributed by atoms with van der Waals surface area (Å²) in [7, 11) is 0. The van der Waals surface area contributed by atoms with E-state index in [1.807, 2.05) is 0 Å². The van der Waals surface area contributed by atoms with Crippen LogP contribution in [0.15, 0.2) is 22.7 Å². The van der Waals surface area contributed by atoms with Gasteiger partial charge in [0.25, 0.3) is 5.91 Å². The summed E-state index contributed by atoms with van der Waals surface area (Å²) in [6.07, 6.45) is 0.